The van der Waals surface area contributed by atoms with Crippen molar-refractivity contribution in [2.45, 2.75) is 46.0 Å². The van der Waals surface area contributed by atoms with Crippen LogP contribution in [0.3, 0.4) is 0 Å². The highest BCUT2D eigenvalue weighted by atomic mass is 19.1. The minimum absolute atomic E-state index is 0.108. The minimum Gasteiger partial charge on any atom is -0.361 e. The van der Waals surface area contributed by atoms with E-state index < -0.39 is 6.17 Å². The Morgan fingerprint density at radius 3 is 2.68 bits per heavy atom. The molecule has 1 aliphatic rings. The largest absolute Gasteiger partial charge is 0.361 e. The van der Waals surface area contributed by atoms with Gasteiger partial charge in [0.05, 0.1) is 12.2 Å². The quantitative estimate of drug-likeness (QED) is 0.809. The van der Waals surface area contributed by atoms with Gasteiger partial charge in [-0.1, -0.05) is 10.3 Å². The van der Waals surface area contributed by atoms with Crippen LogP contribution in [-0.4, -0.2) is 63.4 Å². The molecule has 0 N–H and O–H groups in total. The second-order valence-electron chi connectivity index (χ2n) is 6.53. The summed E-state index contributed by atoms with van der Waals surface area (Å²) in [5.41, 5.74) is 1.03. The molecule has 1 saturated heterocycles. The van der Waals surface area contributed by atoms with Crippen LogP contribution in [-0.2, 0) is 6.54 Å². The molecule has 8 nitrogen and oxygen atoms in total. The third kappa shape index (κ3) is 3.71. The summed E-state index contributed by atoms with van der Waals surface area (Å²) in [7, 11) is 1.70. The topological polar surface area (TPSA) is 88.5 Å². The van der Waals surface area contributed by atoms with Gasteiger partial charge in [0.2, 0.25) is 5.89 Å². The summed E-state index contributed by atoms with van der Waals surface area (Å²) in [6.45, 7) is 6.25. The fourth-order valence-electron chi connectivity index (χ4n) is 3.27. The van der Waals surface area contributed by atoms with Crippen molar-refractivity contribution in [1.82, 2.24) is 25.1 Å². The molecule has 2 aromatic heterocycles. The molecule has 2 aromatic rings. The second-order valence-corrected chi connectivity index (χ2v) is 6.53. The van der Waals surface area contributed by atoms with Crippen molar-refractivity contribution in [3.05, 3.63) is 28.7 Å². The van der Waals surface area contributed by atoms with Crippen LogP contribution in [0.15, 0.2) is 9.05 Å². The van der Waals surface area contributed by atoms with Crippen molar-refractivity contribution in [1.29, 1.82) is 0 Å². The molecule has 2 atom stereocenters. The number of hydrogen-bond donors (Lipinski definition) is 0. The standard InChI is InChI=1S/C16H22FN5O3/c1-9-15(10(2)24-19-9)16(23)21(4)7-13-5-12(17)6-22(13)8-14-18-11(3)25-20-14/h12-13H,5-8H2,1-4H3/t12-,13-/m0/s1. The normalized spacial score (nSPS) is 21.0. The minimum atomic E-state index is -0.930. The van der Waals surface area contributed by atoms with Gasteiger partial charge in [-0.05, 0) is 20.3 Å². The Morgan fingerprint density at radius 2 is 2.08 bits per heavy atom. The molecule has 1 amide bonds. The van der Waals surface area contributed by atoms with Crippen LogP contribution in [0.5, 0.6) is 0 Å². The lowest BCUT2D eigenvalue weighted by molar-refractivity contribution is 0.0746. The molecule has 1 fully saturated rings. The summed E-state index contributed by atoms with van der Waals surface area (Å²) in [6, 6.07) is -0.108. The van der Waals surface area contributed by atoms with Crippen LogP contribution in [0.25, 0.3) is 0 Å². The maximum Gasteiger partial charge on any atom is 0.259 e. The average molecular weight is 351 g/mol. The summed E-state index contributed by atoms with van der Waals surface area (Å²) in [6.07, 6.45) is -0.559. The zero-order valence-corrected chi connectivity index (χ0v) is 14.8. The average Bonchev–Trinajstić information content (AvgIpc) is 3.20. The number of carbonyl (C=O) groups is 1. The van der Waals surface area contributed by atoms with Crippen LogP contribution in [0.2, 0.25) is 0 Å². The molecule has 0 aromatic carbocycles. The number of amides is 1. The van der Waals surface area contributed by atoms with Crippen LogP contribution in [0.4, 0.5) is 4.39 Å². The third-order valence-corrected chi connectivity index (χ3v) is 4.47. The monoisotopic (exact) mass is 351 g/mol. The number of aromatic nitrogens is 3. The van der Waals surface area contributed by atoms with Crippen LogP contribution >= 0.6 is 0 Å². The molecule has 0 radical (unpaired) electrons. The van der Waals surface area contributed by atoms with E-state index in [0.29, 0.717) is 54.8 Å². The first-order valence-electron chi connectivity index (χ1n) is 8.20. The number of hydrogen-bond acceptors (Lipinski definition) is 7. The molecule has 0 bridgehead atoms. The number of aryl methyl sites for hydroxylation is 3. The van der Waals surface area contributed by atoms with Gasteiger partial charge in [-0.2, -0.15) is 4.98 Å². The van der Waals surface area contributed by atoms with E-state index in [1.54, 1.807) is 32.7 Å². The molecule has 136 valence electrons. The van der Waals surface area contributed by atoms with Gasteiger partial charge in [0.25, 0.3) is 5.91 Å². The first kappa shape index (κ1) is 17.5. The van der Waals surface area contributed by atoms with E-state index in [4.69, 9.17) is 9.05 Å². The number of likely N-dealkylation sites (tertiary alicyclic amines) is 1. The van der Waals surface area contributed by atoms with Gasteiger partial charge in [0.15, 0.2) is 5.82 Å². The fraction of sp³-hybridized carbons (Fsp3) is 0.625. The van der Waals surface area contributed by atoms with Crippen molar-refractivity contribution in [3.63, 3.8) is 0 Å². The lowest BCUT2D eigenvalue weighted by Crippen LogP contribution is -2.41. The van der Waals surface area contributed by atoms with E-state index in [-0.39, 0.29) is 11.9 Å². The predicted octanol–water partition coefficient (Wildman–Crippen LogP) is 1.67. The molecule has 25 heavy (non-hydrogen) atoms. The van der Waals surface area contributed by atoms with Gasteiger partial charge in [0, 0.05) is 33.1 Å². The molecule has 0 aliphatic carbocycles. The fourth-order valence-corrected chi connectivity index (χ4v) is 3.27. The summed E-state index contributed by atoms with van der Waals surface area (Å²) < 4.78 is 24.0. The highest BCUT2D eigenvalue weighted by Crippen LogP contribution is 2.24. The van der Waals surface area contributed by atoms with Gasteiger partial charge in [-0.3, -0.25) is 9.69 Å². The van der Waals surface area contributed by atoms with Gasteiger partial charge in [-0.15, -0.1) is 0 Å². The number of alkyl halides is 1. The van der Waals surface area contributed by atoms with E-state index in [1.165, 1.54) is 0 Å². The SMILES string of the molecule is Cc1nc(CN2C[C@@H](F)C[C@H]2CN(C)C(=O)c2c(C)noc2C)no1. The molecule has 1 aliphatic heterocycles. The molecule has 0 spiro atoms. The van der Waals surface area contributed by atoms with E-state index >= 15 is 0 Å². The zero-order valence-electron chi connectivity index (χ0n) is 14.8. The van der Waals surface area contributed by atoms with Gasteiger partial charge in [0.1, 0.15) is 17.5 Å². The third-order valence-electron chi connectivity index (χ3n) is 4.47. The second kappa shape index (κ2) is 6.91. The van der Waals surface area contributed by atoms with Crippen LogP contribution < -0.4 is 0 Å². The Hall–Kier alpha value is -2.29. The lowest BCUT2D eigenvalue weighted by atomic mass is 10.1. The molecular formula is C16H22FN5O3. The molecular weight excluding hydrogens is 329 g/mol. The van der Waals surface area contributed by atoms with Crippen molar-refractivity contribution in [2.75, 3.05) is 20.1 Å². The maximum atomic E-state index is 14.0. The van der Waals surface area contributed by atoms with Crippen LogP contribution in [0.1, 0.15) is 39.9 Å². The van der Waals surface area contributed by atoms with Crippen LogP contribution in [0, 0.1) is 20.8 Å². The van der Waals surface area contributed by atoms with E-state index in [0.717, 1.165) is 0 Å². The Labute approximate surface area is 144 Å². The van der Waals surface area contributed by atoms with Gasteiger partial charge >= 0.3 is 0 Å². The predicted molar refractivity (Wildman–Crippen MR) is 85.7 cm³/mol. The summed E-state index contributed by atoms with van der Waals surface area (Å²) >= 11 is 0. The van der Waals surface area contributed by atoms with Gasteiger partial charge < -0.3 is 13.9 Å². The molecule has 0 saturated carbocycles. The van der Waals surface area contributed by atoms with E-state index in [1.807, 2.05) is 4.90 Å². The Bertz CT molecular complexity index is 739. The first-order valence-corrected chi connectivity index (χ1v) is 8.20. The molecule has 0 unspecified atom stereocenters. The van der Waals surface area contributed by atoms with Crippen molar-refractivity contribution >= 4 is 5.91 Å². The van der Waals surface area contributed by atoms with E-state index in [2.05, 4.69) is 15.3 Å². The highest BCUT2D eigenvalue weighted by molar-refractivity contribution is 5.95. The number of rotatable bonds is 5. The summed E-state index contributed by atoms with van der Waals surface area (Å²) in [4.78, 5) is 20.4. The molecule has 3 heterocycles. The van der Waals surface area contributed by atoms with Crippen molar-refractivity contribution in [3.8, 4) is 0 Å². The number of carbonyl (C=O) groups excluding carboxylic acids is 1. The summed E-state index contributed by atoms with van der Waals surface area (Å²) in [5.74, 6) is 1.32. The van der Waals surface area contributed by atoms with Crippen molar-refractivity contribution < 1.29 is 18.2 Å². The number of likely N-dealkylation sites (N-methyl/N-ethyl adjacent to an activating group) is 1. The Balaban J connectivity index is 1.68. The van der Waals surface area contributed by atoms with Gasteiger partial charge in [-0.25, -0.2) is 4.39 Å². The highest BCUT2D eigenvalue weighted by Gasteiger charge is 2.35. The first-order chi connectivity index (χ1) is 11.8. The molecule has 9 heteroatoms. The zero-order chi connectivity index (χ0) is 18.1. The Kier molecular flexibility index (Phi) is 4.85. The van der Waals surface area contributed by atoms with E-state index in [9.17, 15) is 9.18 Å². The maximum absolute atomic E-state index is 14.0. The Morgan fingerprint density at radius 1 is 1.32 bits per heavy atom. The summed E-state index contributed by atoms with van der Waals surface area (Å²) in [5, 5.41) is 7.68. The number of halogens is 1. The number of nitrogens with zero attached hydrogens (tertiary/aromatic N) is 5. The van der Waals surface area contributed by atoms with Crippen molar-refractivity contribution in [2.24, 2.45) is 0 Å². The lowest BCUT2D eigenvalue weighted by Gasteiger charge is -2.27. The smallest absolute Gasteiger partial charge is 0.259 e. The molecule has 3 rings (SSSR count).